The number of nitrogens with zero attached hydrogens (tertiary/aromatic N) is 3. The first-order valence-electron chi connectivity index (χ1n) is 6.92. The van der Waals surface area contributed by atoms with Crippen molar-refractivity contribution in [2.75, 3.05) is 26.7 Å². The summed E-state index contributed by atoms with van der Waals surface area (Å²) < 4.78 is 1.96. The lowest BCUT2D eigenvalue weighted by atomic mass is 10.1. The summed E-state index contributed by atoms with van der Waals surface area (Å²) in [5, 5.41) is 10.3. The number of carbonyl (C=O) groups is 1. The van der Waals surface area contributed by atoms with Gasteiger partial charge in [0.2, 0.25) is 5.91 Å². The van der Waals surface area contributed by atoms with E-state index in [-0.39, 0.29) is 11.9 Å². The van der Waals surface area contributed by atoms with Crippen LogP contribution in [-0.4, -0.2) is 53.3 Å². The van der Waals surface area contributed by atoms with Crippen LogP contribution < -0.4 is 10.6 Å². The lowest BCUT2D eigenvalue weighted by molar-refractivity contribution is -0.126. The molecule has 1 saturated heterocycles. The minimum absolute atomic E-state index is 0.0770. The van der Waals surface area contributed by atoms with E-state index >= 15 is 0 Å². The van der Waals surface area contributed by atoms with E-state index in [1.54, 1.807) is 7.05 Å². The van der Waals surface area contributed by atoms with Gasteiger partial charge in [0.15, 0.2) is 0 Å². The molecule has 1 aliphatic rings. The molecule has 0 aromatic carbocycles. The third kappa shape index (κ3) is 3.54. The Kier molecular flexibility index (Phi) is 4.93. The highest BCUT2D eigenvalue weighted by Gasteiger charge is 2.27. The van der Waals surface area contributed by atoms with Crippen molar-refractivity contribution in [3.05, 3.63) is 18.0 Å². The average Bonchev–Trinajstić information content (AvgIpc) is 2.86. The molecule has 0 saturated carbocycles. The lowest BCUT2D eigenvalue weighted by Crippen LogP contribution is -2.56. The Bertz CT molecular complexity index is 417. The van der Waals surface area contributed by atoms with Gasteiger partial charge in [-0.05, 0) is 6.42 Å². The monoisotopic (exact) mass is 265 g/mol. The minimum Gasteiger partial charge on any atom is -0.358 e. The van der Waals surface area contributed by atoms with Crippen molar-refractivity contribution in [3.8, 4) is 0 Å². The largest absolute Gasteiger partial charge is 0.358 e. The zero-order valence-electron chi connectivity index (χ0n) is 11.7. The minimum atomic E-state index is -0.0896. The number of piperazine rings is 1. The van der Waals surface area contributed by atoms with Crippen molar-refractivity contribution >= 4 is 5.91 Å². The highest BCUT2D eigenvalue weighted by molar-refractivity contribution is 5.81. The summed E-state index contributed by atoms with van der Waals surface area (Å²) in [5.74, 6) is 0.0770. The summed E-state index contributed by atoms with van der Waals surface area (Å²) in [6, 6.07) is -0.0896. The summed E-state index contributed by atoms with van der Waals surface area (Å²) >= 11 is 0. The van der Waals surface area contributed by atoms with E-state index in [4.69, 9.17) is 0 Å². The van der Waals surface area contributed by atoms with Crippen LogP contribution in [0.25, 0.3) is 0 Å². The zero-order valence-corrected chi connectivity index (χ0v) is 11.7. The van der Waals surface area contributed by atoms with Gasteiger partial charge in [-0.15, -0.1) is 0 Å². The Labute approximate surface area is 114 Å². The zero-order chi connectivity index (χ0) is 13.7. The van der Waals surface area contributed by atoms with E-state index in [1.807, 2.05) is 10.9 Å². The number of rotatable bonds is 5. The number of aryl methyl sites for hydroxylation is 1. The molecule has 0 radical (unpaired) electrons. The molecule has 1 unspecified atom stereocenters. The van der Waals surface area contributed by atoms with Crippen LogP contribution in [0.2, 0.25) is 0 Å². The van der Waals surface area contributed by atoms with Gasteiger partial charge in [0, 0.05) is 51.5 Å². The van der Waals surface area contributed by atoms with Gasteiger partial charge in [-0.25, -0.2) is 0 Å². The first-order chi connectivity index (χ1) is 9.24. The van der Waals surface area contributed by atoms with E-state index in [1.165, 1.54) is 5.56 Å². The summed E-state index contributed by atoms with van der Waals surface area (Å²) in [7, 11) is 1.69. The Morgan fingerprint density at radius 1 is 1.63 bits per heavy atom. The van der Waals surface area contributed by atoms with Gasteiger partial charge in [0.1, 0.15) is 6.04 Å². The van der Waals surface area contributed by atoms with Gasteiger partial charge in [-0.2, -0.15) is 5.10 Å². The Hall–Kier alpha value is -1.40. The van der Waals surface area contributed by atoms with Crippen LogP contribution >= 0.6 is 0 Å². The fourth-order valence-corrected chi connectivity index (χ4v) is 2.43. The maximum atomic E-state index is 11.9. The van der Waals surface area contributed by atoms with Gasteiger partial charge >= 0.3 is 0 Å². The molecule has 2 N–H and O–H groups in total. The standard InChI is InChI=1S/C13H23N5O/c1-3-5-18-10-11(7-16-18)9-17-6-4-15-8-12(17)13(19)14-2/h7,10,12,15H,3-6,8-9H2,1-2H3,(H,14,19). The molecule has 19 heavy (non-hydrogen) atoms. The molecule has 6 nitrogen and oxygen atoms in total. The van der Waals surface area contributed by atoms with Crippen LogP contribution in [0.15, 0.2) is 12.4 Å². The maximum Gasteiger partial charge on any atom is 0.238 e. The second-order valence-electron chi connectivity index (χ2n) is 4.92. The Morgan fingerprint density at radius 3 is 3.21 bits per heavy atom. The quantitative estimate of drug-likeness (QED) is 0.775. The second-order valence-corrected chi connectivity index (χ2v) is 4.92. The van der Waals surface area contributed by atoms with Crippen LogP contribution in [0.3, 0.4) is 0 Å². The van der Waals surface area contributed by atoms with Crippen LogP contribution in [0.4, 0.5) is 0 Å². The van der Waals surface area contributed by atoms with E-state index in [0.717, 1.165) is 32.6 Å². The summed E-state index contributed by atoms with van der Waals surface area (Å²) in [6.45, 7) is 6.39. The molecule has 0 spiro atoms. The van der Waals surface area contributed by atoms with E-state index in [2.05, 4.69) is 33.8 Å². The molecule has 106 valence electrons. The maximum absolute atomic E-state index is 11.9. The number of carbonyl (C=O) groups excluding carboxylic acids is 1. The number of aromatic nitrogens is 2. The van der Waals surface area contributed by atoms with Crippen molar-refractivity contribution < 1.29 is 4.79 Å². The number of hydrogen-bond acceptors (Lipinski definition) is 4. The fourth-order valence-electron chi connectivity index (χ4n) is 2.43. The lowest BCUT2D eigenvalue weighted by Gasteiger charge is -2.34. The molecule has 0 bridgehead atoms. The third-order valence-corrected chi connectivity index (χ3v) is 3.43. The summed E-state index contributed by atoms with van der Waals surface area (Å²) in [4.78, 5) is 14.1. The normalized spacial score (nSPS) is 20.4. The highest BCUT2D eigenvalue weighted by atomic mass is 16.2. The fraction of sp³-hybridized carbons (Fsp3) is 0.692. The molecule has 6 heteroatoms. The van der Waals surface area contributed by atoms with Crippen LogP contribution in [0.5, 0.6) is 0 Å². The Morgan fingerprint density at radius 2 is 2.47 bits per heavy atom. The van der Waals surface area contributed by atoms with Crippen molar-refractivity contribution in [2.24, 2.45) is 0 Å². The number of nitrogens with one attached hydrogen (secondary N) is 2. The molecule has 1 aromatic rings. The highest BCUT2D eigenvalue weighted by Crippen LogP contribution is 2.10. The Balaban J connectivity index is 2.00. The predicted octanol–water partition coefficient (Wildman–Crippen LogP) is -0.187. The first-order valence-corrected chi connectivity index (χ1v) is 6.92. The van der Waals surface area contributed by atoms with Crippen molar-refractivity contribution in [1.29, 1.82) is 0 Å². The van der Waals surface area contributed by atoms with Gasteiger partial charge in [-0.1, -0.05) is 6.92 Å². The smallest absolute Gasteiger partial charge is 0.238 e. The average molecular weight is 265 g/mol. The van der Waals surface area contributed by atoms with Gasteiger partial charge in [-0.3, -0.25) is 14.4 Å². The van der Waals surface area contributed by atoms with Crippen molar-refractivity contribution in [2.45, 2.75) is 32.5 Å². The van der Waals surface area contributed by atoms with E-state index in [9.17, 15) is 4.79 Å². The number of hydrogen-bond donors (Lipinski definition) is 2. The third-order valence-electron chi connectivity index (χ3n) is 3.43. The van der Waals surface area contributed by atoms with Crippen LogP contribution in [0, 0.1) is 0 Å². The SMILES string of the molecule is CCCn1cc(CN2CCNCC2C(=O)NC)cn1. The van der Waals surface area contributed by atoms with Gasteiger partial charge < -0.3 is 10.6 Å². The summed E-state index contributed by atoms with van der Waals surface area (Å²) in [6.07, 6.45) is 5.06. The van der Waals surface area contributed by atoms with Gasteiger partial charge in [0.05, 0.1) is 6.20 Å². The van der Waals surface area contributed by atoms with E-state index < -0.39 is 0 Å². The first kappa shape index (κ1) is 14.0. The summed E-state index contributed by atoms with van der Waals surface area (Å²) in [5.41, 5.74) is 1.17. The van der Waals surface area contributed by atoms with Crippen molar-refractivity contribution in [1.82, 2.24) is 25.3 Å². The van der Waals surface area contributed by atoms with E-state index in [0.29, 0.717) is 6.54 Å². The molecule has 1 fully saturated rings. The van der Waals surface area contributed by atoms with Gasteiger partial charge in [0.25, 0.3) is 0 Å². The topological polar surface area (TPSA) is 62.2 Å². The molecule has 2 rings (SSSR count). The molecule has 1 aliphatic heterocycles. The van der Waals surface area contributed by atoms with Crippen LogP contribution in [-0.2, 0) is 17.9 Å². The molecule has 1 amide bonds. The molecular weight excluding hydrogens is 242 g/mol. The molecule has 0 aliphatic carbocycles. The van der Waals surface area contributed by atoms with Crippen molar-refractivity contribution in [3.63, 3.8) is 0 Å². The molecule has 1 aromatic heterocycles. The number of amides is 1. The molecule has 1 atom stereocenters. The molecular formula is C13H23N5O. The van der Waals surface area contributed by atoms with Crippen LogP contribution in [0.1, 0.15) is 18.9 Å². The number of likely N-dealkylation sites (N-methyl/N-ethyl adjacent to an activating group) is 1. The predicted molar refractivity (Wildman–Crippen MR) is 73.7 cm³/mol. The second kappa shape index (κ2) is 6.68. The molecule has 2 heterocycles.